The van der Waals surface area contributed by atoms with Gasteiger partial charge in [0.05, 0.1) is 17.3 Å². The van der Waals surface area contributed by atoms with Crippen LogP contribution in [-0.4, -0.2) is 11.7 Å². The van der Waals surface area contributed by atoms with E-state index >= 15 is 0 Å². The first-order chi connectivity index (χ1) is 7.13. The van der Waals surface area contributed by atoms with Crippen LogP contribution < -0.4 is 0 Å². The molecule has 0 bridgehead atoms. The van der Waals surface area contributed by atoms with Gasteiger partial charge in [0.25, 0.3) is 0 Å². The van der Waals surface area contributed by atoms with Crippen LogP contribution in [0.2, 0.25) is 0 Å². The van der Waals surface area contributed by atoms with Gasteiger partial charge in [0.1, 0.15) is 0 Å². The molecule has 15 heavy (non-hydrogen) atoms. The van der Waals surface area contributed by atoms with Crippen LogP contribution in [0, 0.1) is 11.3 Å². The first-order valence-corrected chi connectivity index (χ1v) is 4.36. The van der Waals surface area contributed by atoms with Crippen molar-refractivity contribution in [1.82, 2.24) is 0 Å². The molecule has 76 valence electrons. The minimum absolute atomic E-state index is 0.467. The third-order valence-corrected chi connectivity index (χ3v) is 1.72. The summed E-state index contributed by atoms with van der Waals surface area (Å²) >= 11 is 0. The fourth-order valence-corrected chi connectivity index (χ4v) is 0.999. The highest BCUT2D eigenvalue weighted by molar-refractivity contribution is 5.98. The largest absolute Gasteiger partial charge is 0.331 e. The molecule has 0 aliphatic heterocycles. The molecule has 1 rings (SSSR count). The lowest BCUT2D eigenvalue weighted by atomic mass is 10.1. The highest BCUT2D eigenvalue weighted by Gasteiger charge is 2.00. The molecule has 0 amide bonds. The van der Waals surface area contributed by atoms with Gasteiger partial charge in [-0.15, -0.1) is 0 Å². The van der Waals surface area contributed by atoms with E-state index in [0.29, 0.717) is 11.3 Å². The van der Waals surface area contributed by atoms with Gasteiger partial charge in [0.2, 0.25) is 0 Å². The normalized spacial score (nSPS) is 10.6. The van der Waals surface area contributed by atoms with E-state index in [9.17, 15) is 4.79 Å². The van der Waals surface area contributed by atoms with E-state index in [0.717, 1.165) is 5.56 Å². The number of oxime groups is 1. The molecule has 0 saturated carbocycles. The Bertz CT molecular complexity index is 444. The summed E-state index contributed by atoms with van der Waals surface area (Å²) in [6, 6.07) is 8.95. The minimum atomic E-state index is -0.467. The van der Waals surface area contributed by atoms with Crippen molar-refractivity contribution in [3.8, 4) is 6.07 Å². The number of nitrogens with zero attached hydrogens (tertiary/aromatic N) is 2. The molecule has 0 radical (unpaired) electrons. The number of hydrogen-bond donors (Lipinski definition) is 0. The second-order valence-electron chi connectivity index (χ2n) is 2.95. The van der Waals surface area contributed by atoms with Gasteiger partial charge in [0.15, 0.2) is 0 Å². The van der Waals surface area contributed by atoms with Gasteiger partial charge in [-0.3, -0.25) is 0 Å². The number of rotatable bonds is 2. The third-order valence-electron chi connectivity index (χ3n) is 1.72. The van der Waals surface area contributed by atoms with Crippen molar-refractivity contribution < 1.29 is 9.63 Å². The van der Waals surface area contributed by atoms with E-state index in [-0.39, 0.29) is 0 Å². The van der Waals surface area contributed by atoms with Gasteiger partial charge in [0, 0.05) is 12.5 Å². The molecule has 0 aliphatic carbocycles. The van der Waals surface area contributed by atoms with Crippen LogP contribution in [0.5, 0.6) is 0 Å². The van der Waals surface area contributed by atoms with Gasteiger partial charge >= 0.3 is 5.97 Å². The van der Waals surface area contributed by atoms with Crippen LogP contribution in [0.25, 0.3) is 0 Å². The van der Waals surface area contributed by atoms with Crippen LogP contribution in [0.4, 0.5) is 0 Å². The molecule has 0 saturated heterocycles. The molecular formula is C11H10N2O2. The van der Waals surface area contributed by atoms with Gasteiger partial charge in [-0.2, -0.15) is 5.26 Å². The lowest BCUT2D eigenvalue weighted by molar-refractivity contribution is -0.140. The summed E-state index contributed by atoms with van der Waals surface area (Å²) in [6.07, 6.45) is 0. The Labute approximate surface area is 87.8 Å². The summed E-state index contributed by atoms with van der Waals surface area (Å²) in [5, 5.41) is 12.3. The number of nitriles is 1. The monoisotopic (exact) mass is 202 g/mol. The van der Waals surface area contributed by atoms with Crippen molar-refractivity contribution in [1.29, 1.82) is 5.26 Å². The van der Waals surface area contributed by atoms with Gasteiger partial charge < -0.3 is 4.84 Å². The lowest BCUT2D eigenvalue weighted by Crippen LogP contribution is -1.99. The third kappa shape index (κ3) is 3.24. The Kier molecular flexibility index (Phi) is 3.58. The predicted octanol–water partition coefficient (Wildman–Crippen LogP) is 1.85. The van der Waals surface area contributed by atoms with Crippen molar-refractivity contribution in [2.45, 2.75) is 13.8 Å². The van der Waals surface area contributed by atoms with Crippen molar-refractivity contribution in [2.75, 3.05) is 0 Å². The van der Waals surface area contributed by atoms with Crippen molar-refractivity contribution in [3.63, 3.8) is 0 Å². The van der Waals surface area contributed by atoms with Crippen LogP contribution >= 0.6 is 0 Å². The number of carbonyl (C=O) groups excluding carboxylic acids is 1. The summed E-state index contributed by atoms with van der Waals surface area (Å²) in [7, 11) is 0. The molecular weight excluding hydrogens is 192 g/mol. The molecule has 1 aromatic carbocycles. The van der Waals surface area contributed by atoms with E-state index < -0.39 is 5.97 Å². The summed E-state index contributed by atoms with van der Waals surface area (Å²) in [4.78, 5) is 15.0. The maximum absolute atomic E-state index is 10.5. The Morgan fingerprint density at radius 3 is 2.80 bits per heavy atom. The maximum atomic E-state index is 10.5. The fourth-order valence-electron chi connectivity index (χ4n) is 0.999. The van der Waals surface area contributed by atoms with Crippen LogP contribution in [0.1, 0.15) is 25.0 Å². The maximum Gasteiger partial charge on any atom is 0.331 e. The lowest BCUT2D eigenvalue weighted by Gasteiger charge is -1.99. The fraction of sp³-hybridized carbons (Fsp3) is 0.182. The van der Waals surface area contributed by atoms with Crippen LogP contribution in [0.15, 0.2) is 29.4 Å². The molecule has 0 spiro atoms. The molecule has 0 unspecified atom stereocenters. The Morgan fingerprint density at radius 2 is 2.20 bits per heavy atom. The highest BCUT2D eigenvalue weighted by atomic mass is 16.7. The van der Waals surface area contributed by atoms with Crippen LogP contribution in [-0.2, 0) is 9.63 Å². The number of carbonyl (C=O) groups is 1. The molecule has 0 N–H and O–H groups in total. The molecule has 4 nitrogen and oxygen atoms in total. The zero-order chi connectivity index (χ0) is 11.3. The van der Waals surface area contributed by atoms with Gasteiger partial charge in [-0.05, 0) is 19.1 Å². The smallest absolute Gasteiger partial charge is 0.318 e. The number of hydrogen-bond acceptors (Lipinski definition) is 4. The molecule has 1 aromatic rings. The first kappa shape index (κ1) is 10.9. The van der Waals surface area contributed by atoms with E-state index in [1.165, 1.54) is 6.92 Å². The number of benzene rings is 1. The average Bonchev–Trinajstić information content (AvgIpc) is 2.26. The Morgan fingerprint density at radius 1 is 1.47 bits per heavy atom. The van der Waals surface area contributed by atoms with Crippen LogP contribution in [0.3, 0.4) is 0 Å². The standard InChI is InChI=1S/C11H10N2O2/c1-8(13-15-9(2)14)11-5-3-4-10(6-11)7-12/h3-6H,1-2H3. The zero-order valence-corrected chi connectivity index (χ0v) is 8.52. The van der Waals surface area contributed by atoms with Crippen molar-refractivity contribution in [3.05, 3.63) is 35.4 Å². The molecule has 0 aromatic heterocycles. The molecule has 0 heterocycles. The first-order valence-electron chi connectivity index (χ1n) is 4.36. The molecule has 0 atom stereocenters. The SMILES string of the molecule is CC(=O)ON=C(C)c1cccc(C#N)c1. The molecule has 0 fully saturated rings. The van der Waals surface area contributed by atoms with Gasteiger partial charge in [-0.25, -0.2) is 4.79 Å². The highest BCUT2D eigenvalue weighted by Crippen LogP contribution is 2.05. The Hall–Kier alpha value is -2.15. The summed E-state index contributed by atoms with van der Waals surface area (Å²) in [5.41, 5.74) is 1.86. The summed E-state index contributed by atoms with van der Waals surface area (Å²) < 4.78 is 0. The summed E-state index contributed by atoms with van der Waals surface area (Å²) in [5.74, 6) is -0.467. The van der Waals surface area contributed by atoms with Crippen molar-refractivity contribution in [2.24, 2.45) is 5.16 Å². The average molecular weight is 202 g/mol. The van der Waals surface area contributed by atoms with Gasteiger partial charge in [-0.1, -0.05) is 17.3 Å². The van der Waals surface area contributed by atoms with E-state index in [1.807, 2.05) is 6.07 Å². The second-order valence-corrected chi connectivity index (χ2v) is 2.95. The quantitative estimate of drug-likeness (QED) is 0.417. The topological polar surface area (TPSA) is 62.4 Å². The second kappa shape index (κ2) is 4.91. The van der Waals surface area contributed by atoms with E-state index in [2.05, 4.69) is 9.99 Å². The molecule has 4 heteroatoms. The van der Waals surface area contributed by atoms with E-state index in [1.54, 1.807) is 31.2 Å². The predicted molar refractivity (Wildman–Crippen MR) is 55.1 cm³/mol. The Balaban J connectivity index is 2.91. The van der Waals surface area contributed by atoms with E-state index in [4.69, 9.17) is 5.26 Å². The zero-order valence-electron chi connectivity index (χ0n) is 8.52. The minimum Gasteiger partial charge on any atom is -0.318 e. The van der Waals surface area contributed by atoms with Crippen molar-refractivity contribution >= 4 is 11.7 Å². The summed E-state index contributed by atoms with van der Waals surface area (Å²) in [6.45, 7) is 2.99. The molecule has 0 aliphatic rings.